The molecule has 0 N–H and O–H groups in total. The molecule has 0 bridgehead atoms. The number of thioether (sulfide) groups is 1. The molecule has 4 rings (SSSR count). The highest BCUT2D eigenvalue weighted by Gasteiger charge is 2.34. The van der Waals surface area contributed by atoms with Crippen molar-refractivity contribution in [2.45, 2.75) is 62.6 Å². The molecule has 2 aliphatic rings. The molecule has 1 atom stereocenters. The van der Waals surface area contributed by atoms with E-state index in [2.05, 4.69) is 0 Å². The van der Waals surface area contributed by atoms with E-state index in [4.69, 9.17) is 10.1 Å². The Bertz CT molecular complexity index is 1000. The molecule has 7 nitrogen and oxygen atoms in total. The van der Waals surface area contributed by atoms with Crippen molar-refractivity contribution in [3.63, 3.8) is 0 Å². The van der Waals surface area contributed by atoms with Gasteiger partial charge in [0.1, 0.15) is 5.82 Å². The van der Waals surface area contributed by atoms with E-state index < -0.39 is 9.84 Å². The lowest BCUT2D eigenvalue weighted by molar-refractivity contribution is -0.129. The van der Waals surface area contributed by atoms with Crippen molar-refractivity contribution in [3.8, 4) is 5.69 Å². The molecule has 2 aromatic rings. The standard InChI is InChI=1S/C22H30N4O3S2/c1-2-25(19-13-14-31(28,29)16-19)20(27)15-30-22-23-21(17-9-5-3-6-10-17)26(24-22)18-11-7-4-8-12-18/h4,7-8,11-12,17,19H,2-3,5-6,9-10,13-16H2,1H3/t19-/m1/s1. The van der Waals surface area contributed by atoms with E-state index in [0.29, 0.717) is 24.0 Å². The molecular weight excluding hydrogens is 432 g/mol. The van der Waals surface area contributed by atoms with Gasteiger partial charge in [0, 0.05) is 18.5 Å². The van der Waals surface area contributed by atoms with Gasteiger partial charge in [-0.2, -0.15) is 0 Å². The van der Waals surface area contributed by atoms with Gasteiger partial charge in [-0.05, 0) is 38.3 Å². The summed E-state index contributed by atoms with van der Waals surface area (Å²) in [4.78, 5) is 19.4. The number of carbonyl (C=O) groups excluding carboxylic acids is 1. The lowest BCUT2D eigenvalue weighted by atomic mass is 9.88. The lowest BCUT2D eigenvalue weighted by Crippen LogP contribution is -2.41. The Labute approximate surface area is 188 Å². The zero-order chi connectivity index (χ0) is 21.8. The third-order valence-electron chi connectivity index (χ3n) is 6.22. The van der Waals surface area contributed by atoms with Crippen molar-refractivity contribution in [1.29, 1.82) is 0 Å². The van der Waals surface area contributed by atoms with E-state index in [1.807, 2.05) is 41.9 Å². The summed E-state index contributed by atoms with van der Waals surface area (Å²) >= 11 is 1.34. The van der Waals surface area contributed by atoms with Crippen LogP contribution >= 0.6 is 11.8 Å². The molecule has 31 heavy (non-hydrogen) atoms. The minimum absolute atomic E-state index is 0.0510. The number of amides is 1. The fourth-order valence-corrected chi connectivity index (χ4v) is 7.06. The Kier molecular flexibility index (Phi) is 7.01. The van der Waals surface area contributed by atoms with Gasteiger partial charge in [-0.3, -0.25) is 4.79 Å². The molecule has 1 aliphatic heterocycles. The second-order valence-electron chi connectivity index (χ2n) is 8.36. The van der Waals surface area contributed by atoms with E-state index in [1.54, 1.807) is 4.90 Å². The van der Waals surface area contributed by atoms with Crippen molar-refractivity contribution >= 4 is 27.5 Å². The van der Waals surface area contributed by atoms with Crippen molar-refractivity contribution in [3.05, 3.63) is 36.2 Å². The monoisotopic (exact) mass is 462 g/mol. The number of nitrogens with zero attached hydrogens (tertiary/aromatic N) is 4. The predicted molar refractivity (Wildman–Crippen MR) is 122 cm³/mol. The fourth-order valence-electron chi connectivity index (χ4n) is 4.62. The molecule has 2 fully saturated rings. The van der Waals surface area contributed by atoms with Crippen LogP contribution in [0.25, 0.3) is 5.69 Å². The third-order valence-corrected chi connectivity index (χ3v) is 8.79. The largest absolute Gasteiger partial charge is 0.338 e. The summed E-state index contributed by atoms with van der Waals surface area (Å²) in [5, 5.41) is 5.34. The SMILES string of the molecule is CCN(C(=O)CSc1nc(C2CCCCC2)n(-c2ccccc2)n1)[C@@H]1CCS(=O)(=O)C1. The lowest BCUT2D eigenvalue weighted by Gasteiger charge is -2.26. The maximum atomic E-state index is 12.9. The normalized spacial score (nSPS) is 21.3. The molecule has 0 spiro atoms. The van der Waals surface area contributed by atoms with Crippen molar-refractivity contribution in [2.75, 3.05) is 23.8 Å². The molecule has 1 aliphatic carbocycles. The van der Waals surface area contributed by atoms with Gasteiger partial charge >= 0.3 is 0 Å². The summed E-state index contributed by atoms with van der Waals surface area (Å²) in [5.41, 5.74) is 0.986. The smallest absolute Gasteiger partial charge is 0.233 e. The zero-order valence-electron chi connectivity index (χ0n) is 17.9. The molecule has 1 aromatic heterocycles. The maximum Gasteiger partial charge on any atom is 0.233 e. The summed E-state index contributed by atoms with van der Waals surface area (Å²) in [6.07, 6.45) is 6.46. The summed E-state index contributed by atoms with van der Waals surface area (Å²) in [5.74, 6) is 1.78. The molecule has 1 aromatic carbocycles. The first-order valence-corrected chi connectivity index (χ1v) is 13.9. The molecule has 168 valence electrons. The van der Waals surface area contributed by atoms with Crippen LogP contribution in [0.2, 0.25) is 0 Å². The van der Waals surface area contributed by atoms with Gasteiger partial charge < -0.3 is 4.90 Å². The van der Waals surface area contributed by atoms with Gasteiger partial charge in [0.05, 0.1) is 22.9 Å². The van der Waals surface area contributed by atoms with Crippen LogP contribution in [0.3, 0.4) is 0 Å². The molecule has 0 unspecified atom stereocenters. The number of carbonyl (C=O) groups is 1. The van der Waals surface area contributed by atoms with Gasteiger partial charge in [-0.15, -0.1) is 5.10 Å². The third kappa shape index (κ3) is 5.31. The van der Waals surface area contributed by atoms with Crippen molar-refractivity contribution in [2.24, 2.45) is 0 Å². The summed E-state index contributed by atoms with van der Waals surface area (Å²) in [6, 6.07) is 9.81. The second kappa shape index (κ2) is 9.73. The fraction of sp³-hybridized carbons (Fsp3) is 0.591. The van der Waals surface area contributed by atoms with Crippen molar-refractivity contribution in [1.82, 2.24) is 19.7 Å². The average Bonchev–Trinajstić information content (AvgIpc) is 3.37. The van der Waals surface area contributed by atoms with E-state index in [0.717, 1.165) is 24.4 Å². The van der Waals surface area contributed by atoms with E-state index >= 15 is 0 Å². The first kappa shape index (κ1) is 22.3. The van der Waals surface area contributed by atoms with Gasteiger partial charge in [-0.25, -0.2) is 18.1 Å². The molecular formula is C22H30N4O3S2. The Balaban J connectivity index is 1.49. The highest BCUT2D eigenvalue weighted by molar-refractivity contribution is 7.99. The van der Waals surface area contributed by atoms with Crippen LogP contribution < -0.4 is 0 Å². The van der Waals surface area contributed by atoms with Gasteiger partial charge in [0.2, 0.25) is 11.1 Å². The highest BCUT2D eigenvalue weighted by Crippen LogP contribution is 2.33. The van der Waals surface area contributed by atoms with Gasteiger partial charge in [0.15, 0.2) is 9.84 Å². The van der Waals surface area contributed by atoms with Gasteiger partial charge in [0.25, 0.3) is 0 Å². The van der Waals surface area contributed by atoms with Gasteiger partial charge in [-0.1, -0.05) is 49.2 Å². The van der Waals surface area contributed by atoms with E-state index in [-0.39, 0.29) is 29.2 Å². The molecule has 9 heteroatoms. The number of rotatable bonds is 7. The number of hydrogen-bond acceptors (Lipinski definition) is 6. The second-order valence-corrected chi connectivity index (χ2v) is 11.5. The molecule has 0 radical (unpaired) electrons. The van der Waals surface area contributed by atoms with E-state index in [1.165, 1.54) is 31.0 Å². The first-order chi connectivity index (χ1) is 15.0. The molecule has 1 amide bonds. The number of para-hydroxylation sites is 1. The van der Waals surface area contributed by atoms with Crippen LogP contribution in [0, 0.1) is 0 Å². The minimum Gasteiger partial charge on any atom is -0.338 e. The Morgan fingerprint density at radius 3 is 2.55 bits per heavy atom. The molecule has 2 heterocycles. The summed E-state index contributed by atoms with van der Waals surface area (Å²) < 4.78 is 25.6. The van der Waals surface area contributed by atoms with Crippen LogP contribution in [-0.2, 0) is 14.6 Å². The zero-order valence-corrected chi connectivity index (χ0v) is 19.6. The van der Waals surface area contributed by atoms with Crippen LogP contribution in [-0.4, -0.2) is 63.8 Å². The van der Waals surface area contributed by atoms with Crippen LogP contribution in [0.4, 0.5) is 0 Å². The Hall–Kier alpha value is -1.87. The number of hydrogen-bond donors (Lipinski definition) is 0. The first-order valence-electron chi connectivity index (χ1n) is 11.1. The number of benzene rings is 1. The number of aromatic nitrogens is 3. The van der Waals surface area contributed by atoms with Crippen molar-refractivity contribution < 1.29 is 13.2 Å². The highest BCUT2D eigenvalue weighted by atomic mass is 32.2. The topological polar surface area (TPSA) is 85.2 Å². The van der Waals surface area contributed by atoms with Crippen LogP contribution in [0.5, 0.6) is 0 Å². The number of sulfone groups is 1. The maximum absolute atomic E-state index is 12.9. The predicted octanol–water partition coefficient (Wildman–Crippen LogP) is 3.44. The summed E-state index contributed by atoms with van der Waals surface area (Å²) in [7, 11) is -3.03. The van der Waals surface area contributed by atoms with Crippen LogP contribution in [0.15, 0.2) is 35.5 Å². The van der Waals surface area contributed by atoms with Crippen LogP contribution in [0.1, 0.15) is 57.2 Å². The molecule has 1 saturated heterocycles. The Morgan fingerprint density at radius 2 is 1.90 bits per heavy atom. The average molecular weight is 463 g/mol. The minimum atomic E-state index is -3.03. The Morgan fingerprint density at radius 1 is 1.16 bits per heavy atom. The quantitative estimate of drug-likeness (QED) is 0.586. The summed E-state index contributed by atoms with van der Waals surface area (Å²) in [6.45, 7) is 2.41. The van der Waals surface area contributed by atoms with E-state index in [9.17, 15) is 13.2 Å². The molecule has 1 saturated carbocycles.